The maximum atomic E-state index is 9.67. The molecule has 0 aliphatic carbocycles. The molecule has 0 spiro atoms. The van der Waals surface area contributed by atoms with Gasteiger partial charge in [-0.3, -0.25) is 0 Å². The van der Waals surface area contributed by atoms with Gasteiger partial charge >= 0.3 is 0 Å². The fourth-order valence-corrected chi connectivity index (χ4v) is 6.23. The number of fused-ring (bicyclic) bond motifs is 5. The van der Waals surface area contributed by atoms with Gasteiger partial charge in [-0.2, -0.15) is 0 Å². The number of benzene rings is 8. The van der Waals surface area contributed by atoms with Gasteiger partial charge < -0.3 is 4.42 Å². The summed E-state index contributed by atoms with van der Waals surface area (Å²) in [5.74, 6) is 0. The van der Waals surface area contributed by atoms with E-state index in [1.165, 1.54) is 6.07 Å². The molecule has 1 nitrogen and oxygen atoms in total. The predicted octanol–water partition coefficient (Wildman–Crippen LogP) is 12.6. The highest BCUT2D eigenvalue weighted by Crippen LogP contribution is 2.49. The van der Waals surface area contributed by atoms with Crippen molar-refractivity contribution in [2.75, 3.05) is 0 Å². The summed E-state index contributed by atoms with van der Waals surface area (Å²) in [6, 6.07) is 16.0. The van der Waals surface area contributed by atoms with Crippen LogP contribution in [-0.4, -0.2) is 0 Å². The molecule has 0 saturated heterocycles. The first-order valence-electron chi connectivity index (χ1n) is 21.7. The van der Waals surface area contributed by atoms with Gasteiger partial charge in [-0.15, -0.1) is 0 Å². The van der Waals surface area contributed by atoms with E-state index in [2.05, 4.69) is 0 Å². The standard InChI is InChI=1S/C44H28O/c1-3-13-29(14-4-1)30-23-25-32(26-24-30)41-33-17-7-9-19-35(33)43(36-20-10-8-18-34(36)41)38-27-28-40-44(37-21-11-12-22-39(37)45-40)42(38)31-15-5-2-6-16-31/h1-28H/i1D,2D,3D,4D,5D,6D,11D,12D,13D,14D,15D,21D,22D,27D,28D. The second-order valence-electron chi connectivity index (χ2n) is 10.5. The molecule has 0 radical (unpaired) electrons. The lowest BCUT2D eigenvalue weighted by Gasteiger charge is -2.20. The normalized spacial score (nSPS) is 16.2. The van der Waals surface area contributed by atoms with Crippen LogP contribution in [0.5, 0.6) is 0 Å². The first-order chi connectivity index (χ1) is 28.6. The lowest BCUT2D eigenvalue weighted by Crippen LogP contribution is -1.93. The Bertz CT molecular complexity index is 3290. The van der Waals surface area contributed by atoms with Crippen LogP contribution in [0.25, 0.3) is 88.0 Å². The monoisotopic (exact) mass is 587 g/mol. The Kier molecular flexibility index (Phi) is 3.39. The van der Waals surface area contributed by atoms with E-state index in [0.29, 0.717) is 38.2 Å². The van der Waals surface area contributed by atoms with Crippen LogP contribution in [0.15, 0.2) is 174 Å². The molecular formula is C44H28O. The molecule has 0 saturated carbocycles. The van der Waals surface area contributed by atoms with Gasteiger partial charge in [0.15, 0.2) is 0 Å². The molecule has 210 valence electrons. The van der Waals surface area contributed by atoms with Gasteiger partial charge in [0.1, 0.15) is 11.2 Å². The van der Waals surface area contributed by atoms with Gasteiger partial charge in [0.05, 0.1) is 20.6 Å². The number of furan rings is 1. The van der Waals surface area contributed by atoms with E-state index in [1.54, 1.807) is 36.4 Å². The van der Waals surface area contributed by atoms with Crippen molar-refractivity contribution in [3.05, 3.63) is 169 Å². The highest BCUT2D eigenvalue weighted by molar-refractivity contribution is 6.25. The summed E-state index contributed by atoms with van der Waals surface area (Å²) < 4.78 is 136. The molecule has 0 atom stereocenters. The third-order valence-electron chi connectivity index (χ3n) is 8.10. The maximum absolute atomic E-state index is 9.67. The molecule has 1 heteroatoms. The van der Waals surface area contributed by atoms with Crippen LogP contribution in [0.4, 0.5) is 0 Å². The second kappa shape index (κ2) is 10.4. The minimum atomic E-state index is -0.572. The molecule has 8 aromatic carbocycles. The van der Waals surface area contributed by atoms with Crippen molar-refractivity contribution in [3.8, 4) is 44.5 Å². The van der Waals surface area contributed by atoms with Gasteiger partial charge in [0.2, 0.25) is 0 Å². The second-order valence-corrected chi connectivity index (χ2v) is 10.5. The zero-order valence-corrected chi connectivity index (χ0v) is 23.4. The van der Waals surface area contributed by atoms with E-state index in [9.17, 15) is 2.74 Å². The number of hydrogen-bond donors (Lipinski definition) is 0. The van der Waals surface area contributed by atoms with E-state index in [0.717, 1.165) is 5.56 Å². The highest BCUT2D eigenvalue weighted by Gasteiger charge is 2.22. The molecule has 9 aromatic rings. The van der Waals surface area contributed by atoms with E-state index in [-0.39, 0.29) is 62.3 Å². The van der Waals surface area contributed by atoms with Crippen molar-refractivity contribution in [1.29, 1.82) is 0 Å². The number of hydrogen-bond acceptors (Lipinski definition) is 1. The molecule has 0 bridgehead atoms. The third-order valence-corrected chi connectivity index (χ3v) is 8.10. The quantitative estimate of drug-likeness (QED) is 0.187. The summed E-state index contributed by atoms with van der Waals surface area (Å²) in [6.45, 7) is 0. The number of para-hydroxylation sites is 1. The fourth-order valence-electron chi connectivity index (χ4n) is 6.23. The van der Waals surface area contributed by atoms with Crippen LogP contribution in [0.2, 0.25) is 0 Å². The molecule has 9 rings (SSSR count). The van der Waals surface area contributed by atoms with Gasteiger partial charge in [0, 0.05) is 16.3 Å². The Morgan fingerprint density at radius 2 is 0.933 bits per heavy atom. The van der Waals surface area contributed by atoms with Crippen molar-refractivity contribution in [2.24, 2.45) is 0 Å². The van der Waals surface area contributed by atoms with Gasteiger partial charge in [-0.1, -0.05) is 151 Å². The van der Waals surface area contributed by atoms with E-state index in [4.69, 9.17) is 22.2 Å². The molecule has 1 aromatic heterocycles. The van der Waals surface area contributed by atoms with E-state index in [1.807, 2.05) is 36.4 Å². The van der Waals surface area contributed by atoms with Crippen LogP contribution < -0.4 is 0 Å². The minimum Gasteiger partial charge on any atom is -0.456 e. The average molecular weight is 588 g/mol. The summed E-state index contributed by atoms with van der Waals surface area (Å²) in [4.78, 5) is 0. The largest absolute Gasteiger partial charge is 0.456 e. The molecule has 45 heavy (non-hydrogen) atoms. The Morgan fingerprint density at radius 1 is 0.356 bits per heavy atom. The van der Waals surface area contributed by atoms with Crippen molar-refractivity contribution < 1.29 is 25.0 Å². The Balaban J connectivity index is 1.44. The molecular weight excluding hydrogens is 544 g/mol. The lowest BCUT2D eigenvalue weighted by atomic mass is 9.82. The summed E-state index contributed by atoms with van der Waals surface area (Å²) in [7, 11) is 0. The summed E-state index contributed by atoms with van der Waals surface area (Å²) >= 11 is 0. The van der Waals surface area contributed by atoms with Crippen molar-refractivity contribution in [2.45, 2.75) is 0 Å². The topological polar surface area (TPSA) is 13.1 Å². The molecule has 0 aliphatic heterocycles. The minimum absolute atomic E-state index is 0.00138. The SMILES string of the molecule is [2H]c1cc(-c2c(-c3c4ccccc4c(-c4ccc(-c5c([2H])c([2H])c([2H])c([2H])c5[2H])cc4)c4ccccc34)c([2H])c([2H])c3oc4c([2H])c([2H])c([2H])c([2H])c4c23)c([2H])c([2H])c1[2H]. The van der Waals surface area contributed by atoms with Crippen LogP contribution in [0, 0.1) is 0 Å². The first kappa shape index (κ1) is 14.7. The molecule has 1 heterocycles. The fraction of sp³-hybridized carbons (Fsp3) is 0. The van der Waals surface area contributed by atoms with Crippen LogP contribution in [0.1, 0.15) is 20.6 Å². The molecule has 0 N–H and O–H groups in total. The molecule has 0 unspecified atom stereocenters. The van der Waals surface area contributed by atoms with Crippen molar-refractivity contribution in [1.82, 2.24) is 0 Å². The summed E-state index contributed by atoms with van der Waals surface area (Å²) in [6.07, 6.45) is 0. The average Bonchev–Trinajstić information content (AvgIpc) is 3.66. The predicted molar refractivity (Wildman–Crippen MR) is 190 cm³/mol. The zero-order valence-electron chi connectivity index (χ0n) is 38.4. The third kappa shape index (κ3) is 4.09. The summed E-state index contributed by atoms with van der Waals surface area (Å²) in [5, 5.41) is 2.45. The summed E-state index contributed by atoms with van der Waals surface area (Å²) in [5.41, 5.74) is 1.92. The van der Waals surface area contributed by atoms with E-state index >= 15 is 0 Å². The van der Waals surface area contributed by atoms with Crippen molar-refractivity contribution in [3.63, 3.8) is 0 Å². The molecule has 0 fully saturated rings. The first-order valence-corrected chi connectivity index (χ1v) is 14.2. The number of rotatable bonds is 4. The van der Waals surface area contributed by atoms with E-state index < -0.39 is 72.5 Å². The van der Waals surface area contributed by atoms with Crippen molar-refractivity contribution >= 4 is 43.5 Å². The highest BCUT2D eigenvalue weighted by atomic mass is 16.3. The lowest BCUT2D eigenvalue weighted by molar-refractivity contribution is 0.669. The Labute approximate surface area is 282 Å². The molecule has 0 amide bonds. The maximum Gasteiger partial charge on any atom is 0.136 e. The van der Waals surface area contributed by atoms with Crippen LogP contribution in [-0.2, 0) is 0 Å². The van der Waals surface area contributed by atoms with Gasteiger partial charge in [-0.05, 0) is 78.6 Å². The van der Waals surface area contributed by atoms with Gasteiger partial charge in [-0.25, -0.2) is 0 Å². The Hall–Kier alpha value is -5.92. The smallest absolute Gasteiger partial charge is 0.136 e. The van der Waals surface area contributed by atoms with Crippen LogP contribution >= 0.6 is 0 Å². The zero-order chi connectivity index (χ0) is 42.8. The van der Waals surface area contributed by atoms with Gasteiger partial charge in [0.25, 0.3) is 0 Å². The Morgan fingerprint density at radius 3 is 1.64 bits per heavy atom. The molecule has 0 aliphatic rings. The van der Waals surface area contributed by atoms with Crippen LogP contribution in [0.3, 0.4) is 0 Å².